The number of allylic oxidation sites excluding steroid dienone is 4. The molecule has 0 saturated heterocycles. The van der Waals surface area contributed by atoms with Crippen LogP contribution in [-0.4, -0.2) is 72.1 Å². The van der Waals surface area contributed by atoms with Crippen molar-refractivity contribution in [2.45, 2.75) is 83.8 Å². The highest BCUT2D eigenvalue weighted by Gasteiger charge is 2.74. The van der Waals surface area contributed by atoms with Crippen molar-refractivity contribution in [3.8, 4) is 0 Å². The number of benzene rings is 1. The van der Waals surface area contributed by atoms with Gasteiger partial charge in [0.15, 0.2) is 5.78 Å². The molecule has 7 nitrogen and oxygen atoms in total. The average Bonchev–Trinajstić information content (AvgIpc) is 3.27. The molecule has 6 aliphatic rings. The van der Waals surface area contributed by atoms with Crippen molar-refractivity contribution >= 4 is 11.9 Å². The molecule has 0 aliphatic heterocycles. The minimum atomic E-state index is -1.12. The molecule has 1 amide bonds. The molecule has 6 aliphatic carbocycles. The second-order valence-corrected chi connectivity index (χ2v) is 14.5. The molecule has 3 saturated carbocycles. The van der Waals surface area contributed by atoms with E-state index in [-0.39, 0.29) is 47.7 Å². The topological polar surface area (TPSA) is 96.3 Å². The van der Waals surface area contributed by atoms with Crippen LogP contribution in [0.2, 0.25) is 0 Å². The lowest BCUT2D eigenvalue weighted by Crippen LogP contribution is -2.67. The quantitative estimate of drug-likeness (QED) is 0.209. The Balaban J connectivity index is 1.43. The van der Waals surface area contributed by atoms with Crippen LogP contribution in [0.4, 0.5) is 4.79 Å². The van der Waals surface area contributed by atoms with Gasteiger partial charge in [0, 0.05) is 47.6 Å². The number of hydrogen-bond acceptors (Lipinski definition) is 6. The van der Waals surface area contributed by atoms with E-state index < -0.39 is 22.5 Å². The van der Waals surface area contributed by atoms with E-state index in [2.05, 4.69) is 32.1 Å². The predicted octanol–water partition coefficient (Wildman–Crippen LogP) is 5.96. The van der Waals surface area contributed by atoms with Gasteiger partial charge in [0.05, 0.1) is 24.9 Å². The zero-order chi connectivity index (χ0) is 30.7. The monoisotopic (exact) mass is 591 g/mol. The van der Waals surface area contributed by atoms with Crippen LogP contribution in [0.15, 0.2) is 54.1 Å². The number of ether oxygens (including phenoxy) is 2. The number of rotatable bonds is 9. The van der Waals surface area contributed by atoms with Gasteiger partial charge in [-0.25, -0.2) is 4.79 Å². The fourth-order valence-electron chi connectivity index (χ4n) is 10.5. The smallest absolute Gasteiger partial charge is 0.409 e. The number of Topliss-reactive ketones (excluding diaryl/α,β-unsaturated/α-hetero) is 1. The van der Waals surface area contributed by atoms with Gasteiger partial charge in [0.25, 0.3) is 0 Å². The Morgan fingerprint density at radius 2 is 1.70 bits per heavy atom. The first-order valence-electron chi connectivity index (χ1n) is 16.3. The third-order valence-electron chi connectivity index (χ3n) is 12.7. The van der Waals surface area contributed by atoms with E-state index in [4.69, 9.17) is 9.47 Å². The average molecular weight is 592 g/mol. The summed E-state index contributed by atoms with van der Waals surface area (Å²) >= 11 is 0. The molecule has 0 aromatic heterocycles. The van der Waals surface area contributed by atoms with Crippen LogP contribution in [0.1, 0.15) is 82.5 Å². The van der Waals surface area contributed by atoms with Crippen LogP contribution in [0.25, 0.3) is 0 Å². The molecule has 7 heteroatoms. The Kier molecular flexibility index (Phi) is 7.71. The van der Waals surface area contributed by atoms with Gasteiger partial charge in [-0.2, -0.15) is 0 Å². The van der Waals surface area contributed by atoms with Gasteiger partial charge >= 0.3 is 6.09 Å². The van der Waals surface area contributed by atoms with Crippen molar-refractivity contribution < 1.29 is 29.3 Å². The van der Waals surface area contributed by atoms with E-state index in [0.717, 1.165) is 37.7 Å². The molecule has 7 rings (SSSR count). The zero-order valence-corrected chi connectivity index (χ0v) is 26.3. The van der Waals surface area contributed by atoms with Crippen molar-refractivity contribution in [3.05, 3.63) is 59.7 Å². The van der Waals surface area contributed by atoms with E-state index in [1.165, 1.54) is 0 Å². The maximum Gasteiger partial charge on any atom is 0.409 e. The molecule has 3 fully saturated rings. The fraction of sp³-hybridized carbons (Fsp3) is 0.667. The molecule has 1 unspecified atom stereocenters. The fourth-order valence-corrected chi connectivity index (χ4v) is 10.5. The summed E-state index contributed by atoms with van der Waals surface area (Å²) in [6.45, 7) is 7.84. The first kappa shape index (κ1) is 30.5. The largest absolute Gasteiger partial charge is 0.450 e. The molecule has 2 spiro atoms. The van der Waals surface area contributed by atoms with Crippen LogP contribution in [-0.2, 0) is 9.47 Å². The molecule has 0 heterocycles. The minimum absolute atomic E-state index is 0.0314. The van der Waals surface area contributed by atoms with Crippen LogP contribution in [0.5, 0.6) is 0 Å². The summed E-state index contributed by atoms with van der Waals surface area (Å²) in [6.07, 6.45) is 12.2. The number of aliphatic hydroxyl groups excluding tert-OH is 1. The van der Waals surface area contributed by atoms with Crippen molar-refractivity contribution in [1.29, 1.82) is 0 Å². The summed E-state index contributed by atoms with van der Waals surface area (Å²) in [5.41, 5.74) is -1.07. The van der Waals surface area contributed by atoms with Crippen LogP contribution in [0.3, 0.4) is 0 Å². The molecule has 8 atom stereocenters. The summed E-state index contributed by atoms with van der Waals surface area (Å²) in [4.78, 5) is 29.3. The number of nitrogens with zero attached hydrogens (tertiary/aromatic N) is 1. The lowest BCUT2D eigenvalue weighted by molar-refractivity contribution is -0.175. The Labute approximate surface area is 256 Å². The number of amides is 1. The van der Waals surface area contributed by atoms with Crippen LogP contribution >= 0.6 is 0 Å². The first-order valence-corrected chi connectivity index (χ1v) is 16.3. The summed E-state index contributed by atoms with van der Waals surface area (Å²) in [5, 5.41) is 23.5. The van der Waals surface area contributed by atoms with Gasteiger partial charge in [-0.15, -0.1) is 0 Å². The van der Waals surface area contributed by atoms with Crippen LogP contribution in [0, 0.1) is 33.5 Å². The molecule has 1 aromatic carbocycles. The third kappa shape index (κ3) is 4.32. The van der Waals surface area contributed by atoms with Crippen molar-refractivity contribution in [2.75, 3.05) is 33.4 Å². The highest BCUT2D eigenvalue weighted by molar-refractivity contribution is 6.10. The Morgan fingerprint density at radius 1 is 1.00 bits per heavy atom. The standard InChI is InChI=1S/C36H49NO6/c1-5-43-31(40)37(20-9-21-42-4)24-35(41)17-14-29-33(35,3)16-13-28-32(2)15-12-26(38)22-34(32)18-19-36(28,29)27(23-34)30(39)25-10-7-6-8-11-25/h6-8,10-11,18-19,23,26,28-29,38,41H,5,9,12-17,20-22,24H2,1-4H3/t26?,28-,29-,32-,33+,34+,35-,36-/m1/s1. The highest BCUT2D eigenvalue weighted by Crippen LogP contribution is 2.78. The summed E-state index contributed by atoms with van der Waals surface area (Å²) in [6, 6.07) is 9.57. The first-order chi connectivity index (χ1) is 20.5. The number of methoxy groups -OCH3 is 1. The molecule has 1 aromatic rings. The number of ketones is 1. The van der Waals surface area contributed by atoms with Crippen LogP contribution < -0.4 is 0 Å². The van der Waals surface area contributed by atoms with Crippen molar-refractivity contribution in [3.63, 3.8) is 0 Å². The van der Waals surface area contributed by atoms with Gasteiger partial charge < -0.3 is 24.6 Å². The SMILES string of the molecule is CCOC(=O)N(CCCOC)C[C@]1(O)CC[C@H]2[C@]34C=C[C@@]5(C=C3C(=O)c3ccccc3)CC(O)CC[C@]5(C)[C@H]4CC[C@@]21C. The lowest BCUT2D eigenvalue weighted by Gasteiger charge is -2.71. The summed E-state index contributed by atoms with van der Waals surface area (Å²) in [7, 11) is 1.65. The normalized spacial score (nSPS) is 40.7. The molecule has 2 bridgehead atoms. The Morgan fingerprint density at radius 3 is 2.42 bits per heavy atom. The van der Waals surface area contributed by atoms with E-state index >= 15 is 0 Å². The summed E-state index contributed by atoms with van der Waals surface area (Å²) in [5.74, 6) is 0.321. The number of hydrogen-bond donors (Lipinski definition) is 2. The Bertz CT molecular complexity index is 1310. The zero-order valence-electron chi connectivity index (χ0n) is 26.3. The maximum atomic E-state index is 14.5. The molecular formula is C36H49NO6. The highest BCUT2D eigenvalue weighted by atomic mass is 16.6. The number of carbonyl (C=O) groups is 2. The second-order valence-electron chi connectivity index (χ2n) is 14.5. The van der Waals surface area contributed by atoms with Crippen molar-refractivity contribution in [1.82, 2.24) is 4.90 Å². The number of carbonyl (C=O) groups excluding carboxylic acids is 2. The maximum absolute atomic E-state index is 14.5. The third-order valence-corrected chi connectivity index (χ3v) is 12.7. The van der Waals surface area contributed by atoms with E-state index in [1.54, 1.807) is 18.9 Å². The predicted molar refractivity (Wildman–Crippen MR) is 164 cm³/mol. The van der Waals surface area contributed by atoms with E-state index in [0.29, 0.717) is 38.0 Å². The van der Waals surface area contributed by atoms with Crippen molar-refractivity contribution in [2.24, 2.45) is 33.5 Å². The van der Waals surface area contributed by atoms with Gasteiger partial charge in [-0.3, -0.25) is 4.79 Å². The number of aliphatic hydroxyl groups is 2. The molecule has 2 N–H and O–H groups in total. The number of fused-ring (bicyclic) bond motifs is 1. The minimum Gasteiger partial charge on any atom is -0.450 e. The van der Waals surface area contributed by atoms with E-state index in [9.17, 15) is 19.8 Å². The van der Waals surface area contributed by atoms with Gasteiger partial charge in [-0.05, 0) is 75.5 Å². The van der Waals surface area contributed by atoms with E-state index in [1.807, 2.05) is 30.3 Å². The Hall–Kier alpha value is -2.48. The molecule has 0 radical (unpaired) electrons. The van der Waals surface area contributed by atoms with Gasteiger partial charge in [0.2, 0.25) is 0 Å². The molecule has 234 valence electrons. The summed E-state index contributed by atoms with van der Waals surface area (Å²) < 4.78 is 10.7. The molecular weight excluding hydrogens is 542 g/mol. The lowest BCUT2D eigenvalue weighted by atomic mass is 9.32. The molecule has 43 heavy (non-hydrogen) atoms. The second kappa shape index (κ2) is 10.8. The van der Waals surface area contributed by atoms with Gasteiger partial charge in [0.1, 0.15) is 0 Å². The van der Waals surface area contributed by atoms with Gasteiger partial charge in [-0.1, -0.05) is 62.4 Å².